The van der Waals surface area contributed by atoms with E-state index in [1.54, 1.807) is 24.3 Å². The van der Waals surface area contributed by atoms with Crippen molar-refractivity contribution in [3.05, 3.63) is 34.4 Å². The largest absolute Gasteiger partial charge is 0.491 e. The first-order chi connectivity index (χ1) is 12.7. The number of thioether (sulfide) groups is 1. The quantitative estimate of drug-likeness (QED) is 0.275. The van der Waals surface area contributed by atoms with Crippen molar-refractivity contribution in [1.29, 1.82) is 0 Å². The molecule has 0 radical (unpaired) electrons. The van der Waals surface area contributed by atoms with Gasteiger partial charge in [0.05, 0.1) is 5.75 Å². The number of hydrogen-bond donors (Lipinski definition) is 3. The molecule has 0 fully saturated rings. The van der Waals surface area contributed by atoms with Gasteiger partial charge in [0.15, 0.2) is 0 Å². The highest BCUT2D eigenvalue weighted by atomic mass is 32.2. The highest BCUT2D eigenvalue weighted by molar-refractivity contribution is 7.99. The molecule has 0 bridgehead atoms. The number of rotatable bonds is 12. The van der Waals surface area contributed by atoms with E-state index in [0.29, 0.717) is 23.7 Å². The normalized spacial score (nSPS) is 12.3. The molecule has 0 aliphatic heterocycles. The molecule has 27 heavy (non-hydrogen) atoms. The summed E-state index contributed by atoms with van der Waals surface area (Å²) in [6.07, 6.45) is -0.625. The first-order valence-corrected chi connectivity index (χ1v) is 9.62. The maximum Gasteiger partial charge on any atom is 0.294 e. The minimum atomic E-state index is -0.857. The zero-order valence-electron chi connectivity index (χ0n) is 15.8. The number of carbonyl (C=O) groups is 1. The Kier molecular flexibility index (Phi) is 9.90. The van der Waals surface area contributed by atoms with Gasteiger partial charge in [0.2, 0.25) is 5.91 Å². The molecule has 1 aromatic carbocycles. The van der Waals surface area contributed by atoms with Gasteiger partial charge in [-0.3, -0.25) is 4.79 Å². The number of amides is 1. The molecule has 1 atom stereocenters. The molecule has 10 heteroatoms. The molecular formula is C17H27N3O6S. The van der Waals surface area contributed by atoms with Crippen LogP contribution in [-0.4, -0.2) is 59.0 Å². The third kappa shape index (κ3) is 12.1. The number of hydrogen-bond acceptors (Lipinski definition) is 8. The summed E-state index contributed by atoms with van der Waals surface area (Å²) < 4.78 is 5.53. The SMILES string of the molecule is CC(C)(C)NCC(O)COc1ccc(NC(=O)CSCCO[N+](=O)[O-])cc1. The molecule has 152 valence electrons. The first-order valence-electron chi connectivity index (χ1n) is 8.46. The molecule has 0 aliphatic rings. The third-order valence-corrected chi connectivity index (χ3v) is 4.03. The van der Waals surface area contributed by atoms with Crippen LogP contribution in [0.2, 0.25) is 0 Å². The van der Waals surface area contributed by atoms with Gasteiger partial charge in [-0.15, -0.1) is 10.1 Å². The highest BCUT2D eigenvalue weighted by Gasteiger charge is 2.12. The lowest BCUT2D eigenvalue weighted by molar-refractivity contribution is -0.756. The van der Waals surface area contributed by atoms with Crippen molar-refractivity contribution in [2.45, 2.75) is 32.4 Å². The maximum absolute atomic E-state index is 11.8. The lowest BCUT2D eigenvalue weighted by Crippen LogP contribution is -2.42. The predicted octanol–water partition coefficient (Wildman–Crippen LogP) is 1.69. The second-order valence-electron chi connectivity index (χ2n) is 6.78. The number of nitrogens with zero attached hydrogens (tertiary/aromatic N) is 1. The monoisotopic (exact) mass is 401 g/mol. The fourth-order valence-corrected chi connectivity index (χ4v) is 2.44. The van der Waals surface area contributed by atoms with E-state index in [0.717, 1.165) is 0 Å². The van der Waals surface area contributed by atoms with Gasteiger partial charge in [0, 0.05) is 23.5 Å². The fourth-order valence-electron chi connectivity index (χ4n) is 1.84. The van der Waals surface area contributed by atoms with Crippen LogP contribution in [0.25, 0.3) is 0 Å². The first kappa shape index (κ1) is 23.0. The van der Waals surface area contributed by atoms with Crippen LogP contribution in [0.5, 0.6) is 5.75 Å². The molecule has 0 aliphatic carbocycles. The van der Waals surface area contributed by atoms with Gasteiger partial charge in [0.25, 0.3) is 5.09 Å². The summed E-state index contributed by atoms with van der Waals surface area (Å²) in [5.74, 6) is 0.910. The summed E-state index contributed by atoms with van der Waals surface area (Å²) in [5, 5.41) is 25.0. The summed E-state index contributed by atoms with van der Waals surface area (Å²) >= 11 is 1.24. The number of benzene rings is 1. The van der Waals surface area contributed by atoms with Crippen molar-refractivity contribution in [2.24, 2.45) is 0 Å². The second kappa shape index (κ2) is 11.6. The maximum atomic E-state index is 11.8. The molecule has 0 aromatic heterocycles. The Balaban J connectivity index is 2.26. The van der Waals surface area contributed by atoms with Crippen molar-refractivity contribution in [3.8, 4) is 5.75 Å². The molecule has 0 heterocycles. The van der Waals surface area contributed by atoms with Crippen molar-refractivity contribution in [3.63, 3.8) is 0 Å². The Hall–Kier alpha value is -2.04. The smallest absolute Gasteiger partial charge is 0.294 e. The van der Waals surface area contributed by atoms with E-state index in [1.165, 1.54) is 11.8 Å². The predicted molar refractivity (Wildman–Crippen MR) is 105 cm³/mol. The molecule has 1 amide bonds. The van der Waals surface area contributed by atoms with Crippen molar-refractivity contribution < 1.29 is 24.6 Å². The lowest BCUT2D eigenvalue weighted by Gasteiger charge is -2.23. The number of aliphatic hydroxyl groups excluding tert-OH is 1. The molecule has 0 spiro atoms. The summed E-state index contributed by atoms with van der Waals surface area (Å²) in [5.41, 5.74) is 0.544. The Bertz CT molecular complexity index is 591. The van der Waals surface area contributed by atoms with Gasteiger partial charge in [-0.1, -0.05) is 0 Å². The molecule has 3 N–H and O–H groups in total. The Morgan fingerprint density at radius 2 is 2.00 bits per heavy atom. The number of nitrogens with one attached hydrogen (secondary N) is 2. The van der Waals surface area contributed by atoms with Crippen molar-refractivity contribution >= 4 is 23.4 Å². The van der Waals surface area contributed by atoms with Crippen LogP contribution in [0.3, 0.4) is 0 Å². The van der Waals surface area contributed by atoms with E-state index >= 15 is 0 Å². The zero-order valence-corrected chi connectivity index (χ0v) is 16.6. The fraction of sp³-hybridized carbons (Fsp3) is 0.588. The van der Waals surface area contributed by atoms with Gasteiger partial charge >= 0.3 is 0 Å². The van der Waals surface area contributed by atoms with E-state index in [9.17, 15) is 20.0 Å². The van der Waals surface area contributed by atoms with Crippen LogP contribution in [0.1, 0.15) is 20.8 Å². The molecule has 0 saturated heterocycles. The topological polar surface area (TPSA) is 123 Å². The van der Waals surface area contributed by atoms with Crippen LogP contribution in [0, 0.1) is 10.1 Å². The van der Waals surface area contributed by atoms with Gasteiger partial charge in [-0.05, 0) is 45.0 Å². The van der Waals surface area contributed by atoms with Crippen molar-refractivity contribution in [1.82, 2.24) is 5.32 Å². The Morgan fingerprint density at radius 1 is 1.33 bits per heavy atom. The van der Waals surface area contributed by atoms with Crippen LogP contribution < -0.4 is 15.4 Å². The van der Waals surface area contributed by atoms with Gasteiger partial charge < -0.3 is 25.3 Å². The number of aliphatic hydroxyl groups is 1. The van der Waals surface area contributed by atoms with E-state index < -0.39 is 11.2 Å². The summed E-state index contributed by atoms with van der Waals surface area (Å²) in [6, 6.07) is 6.82. The minimum Gasteiger partial charge on any atom is -0.491 e. The van der Waals surface area contributed by atoms with E-state index in [1.807, 2.05) is 20.8 Å². The molecule has 9 nitrogen and oxygen atoms in total. The highest BCUT2D eigenvalue weighted by Crippen LogP contribution is 2.16. The minimum absolute atomic E-state index is 0.0475. The molecule has 0 saturated carbocycles. The summed E-state index contributed by atoms with van der Waals surface area (Å²) in [6.45, 7) is 6.61. The van der Waals surface area contributed by atoms with Gasteiger partial charge in [-0.25, -0.2) is 0 Å². The second-order valence-corrected chi connectivity index (χ2v) is 7.88. The van der Waals surface area contributed by atoms with Crippen LogP contribution in [0.15, 0.2) is 24.3 Å². The molecule has 1 unspecified atom stereocenters. The van der Waals surface area contributed by atoms with Gasteiger partial charge in [-0.2, -0.15) is 11.8 Å². The van der Waals surface area contributed by atoms with Crippen LogP contribution >= 0.6 is 11.8 Å². The zero-order chi connectivity index (χ0) is 20.3. The standard InChI is InChI=1S/C17H27N3O6S/c1-17(2,3)18-10-14(21)11-25-15-6-4-13(5-7-15)19-16(22)12-27-9-8-26-20(23)24/h4-7,14,18,21H,8-12H2,1-3H3,(H,19,22). The molecule has 1 aromatic rings. The van der Waals surface area contributed by atoms with E-state index in [-0.39, 0.29) is 30.4 Å². The number of anilines is 1. The number of ether oxygens (including phenoxy) is 1. The number of β-amino-alcohol motifs (C(OH)–C–C–N with tert-alkyl or cyclic N) is 1. The summed E-state index contributed by atoms with van der Waals surface area (Å²) in [7, 11) is 0. The summed E-state index contributed by atoms with van der Waals surface area (Å²) in [4.78, 5) is 25.9. The average molecular weight is 401 g/mol. The number of carbonyl (C=O) groups excluding carboxylic acids is 1. The third-order valence-electron chi connectivity index (χ3n) is 3.11. The van der Waals surface area contributed by atoms with Gasteiger partial charge in [0.1, 0.15) is 25.1 Å². The van der Waals surface area contributed by atoms with Crippen LogP contribution in [0.4, 0.5) is 5.69 Å². The van der Waals surface area contributed by atoms with E-state index in [4.69, 9.17) is 4.74 Å². The van der Waals surface area contributed by atoms with Crippen LogP contribution in [-0.2, 0) is 9.63 Å². The Morgan fingerprint density at radius 3 is 2.59 bits per heavy atom. The molecule has 1 rings (SSSR count). The molecular weight excluding hydrogens is 374 g/mol. The average Bonchev–Trinajstić information content (AvgIpc) is 2.58. The van der Waals surface area contributed by atoms with Crippen molar-refractivity contribution in [2.75, 3.05) is 36.6 Å². The lowest BCUT2D eigenvalue weighted by atomic mass is 10.1. The van der Waals surface area contributed by atoms with E-state index in [2.05, 4.69) is 15.5 Å². The Labute approximate surface area is 162 Å².